The van der Waals surface area contributed by atoms with E-state index in [1.807, 2.05) is 0 Å². The number of hydrogen-bond donors (Lipinski definition) is 0. The van der Waals surface area contributed by atoms with Crippen molar-refractivity contribution in [2.24, 2.45) is 0 Å². The van der Waals surface area contributed by atoms with Crippen LogP contribution < -0.4 is 0 Å². The molecule has 0 unspecified atom stereocenters. The van der Waals surface area contributed by atoms with Crippen molar-refractivity contribution in [1.82, 2.24) is 14.8 Å². The van der Waals surface area contributed by atoms with Crippen LogP contribution in [0.2, 0.25) is 0 Å². The second kappa shape index (κ2) is 3.62. The van der Waals surface area contributed by atoms with E-state index in [1.54, 1.807) is 6.07 Å². The summed E-state index contributed by atoms with van der Waals surface area (Å²) < 4.78 is 39.0. The number of halogens is 3. The molecule has 0 saturated carbocycles. The molecule has 16 heavy (non-hydrogen) atoms. The monoisotopic (exact) mass is 227 g/mol. The van der Waals surface area contributed by atoms with Crippen molar-refractivity contribution in [2.45, 2.75) is 13.1 Å². The van der Waals surface area contributed by atoms with Gasteiger partial charge in [0.1, 0.15) is 5.69 Å². The Kier molecular flexibility index (Phi) is 2.41. The summed E-state index contributed by atoms with van der Waals surface area (Å²) in [5.74, 6) is 0.155. The maximum absolute atomic E-state index is 12.6. The Morgan fingerprint density at radius 3 is 2.56 bits per heavy atom. The maximum atomic E-state index is 12.6. The molecule has 2 aromatic heterocycles. The fourth-order valence-electron chi connectivity index (χ4n) is 1.34. The maximum Gasteiger partial charge on any atom is 0.433 e. The van der Waals surface area contributed by atoms with Crippen molar-refractivity contribution in [3.8, 4) is 5.82 Å². The Morgan fingerprint density at radius 2 is 2.00 bits per heavy atom. The second-order valence-corrected chi connectivity index (χ2v) is 3.28. The van der Waals surface area contributed by atoms with Gasteiger partial charge in [0.25, 0.3) is 0 Å². The molecule has 2 heterocycles. The number of pyridine rings is 1. The van der Waals surface area contributed by atoms with Crippen LogP contribution in [0.1, 0.15) is 11.3 Å². The Morgan fingerprint density at radius 1 is 1.25 bits per heavy atom. The molecule has 0 saturated heterocycles. The molecular formula is C10H8F3N3. The van der Waals surface area contributed by atoms with Crippen molar-refractivity contribution in [3.05, 3.63) is 41.9 Å². The van der Waals surface area contributed by atoms with E-state index in [1.165, 1.54) is 36.1 Å². The Labute approximate surface area is 89.5 Å². The summed E-state index contributed by atoms with van der Waals surface area (Å²) >= 11 is 0. The van der Waals surface area contributed by atoms with Crippen molar-refractivity contribution in [3.63, 3.8) is 0 Å². The molecule has 0 aromatic carbocycles. The van der Waals surface area contributed by atoms with Gasteiger partial charge in [-0.05, 0) is 24.6 Å². The minimum Gasteiger partial charge on any atom is -0.224 e. The molecule has 0 atom stereocenters. The van der Waals surface area contributed by atoms with Crippen LogP contribution in [0.15, 0.2) is 30.6 Å². The van der Waals surface area contributed by atoms with Gasteiger partial charge in [-0.1, -0.05) is 6.07 Å². The van der Waals surface area contributed by atoms with E-state index in [0.29, 0.717) is 0 Å². The zero-order chi connectivity index (χ0) is 11.8. The summed E-state index contributed by atoms with van der Waals surface area (Å²) in [6, 6.07) is 4.50. The second-order valence-electron chi connectivity index (χ2n) is 3.28. The molecule has 2 aromatic rings. The summed E-state index contributed by atoms with van der Waals surface area (Å²) in [6.07, 6.45) is -1.42. The largest absolute Gasteiger partial charge is 0.433 e. The van der Waals surface area contributed by atoms with Gasteiger partial charge in [-0.3, -0.25) is 0 Å². The number of aryl methyl sites for hydroxylation is 1. The number of alkyl halides is 3. The van der Waals surface area contributed by atoms with Gasteiger partial charge in [-0.2, -0.15) is 18.3 Å². The van der Waals surface area contributed by atoms with Crippen LogP contribution in [0.4, 0.5) is 13.2 Å². The highest BCUT2D eigenvalue weighted by molar-refractivity contribution is 5.30. The normalized spacial score (nSPS) is 11.8. The number of aromatic nitrogens is 3. The Hall–Kier alpha value is -1.85. The first-order chi connectivity index (χ1) is 7.48. The van der Waals surface area contributed by atoms with Gasteiger partial charge >= 0.3 is 6.18 Å². The van der Waals surface area contributed by atoms with Crippen LogP contribution in [0, 0.1) is 6.92 Å². The van der Waals surface area contributed by atoms with E-state index in [4.69, 9.17) is 0 Å². The summed E-state index contributed by atoms with van der Waals surface area (Å²) in [5.41, 5.74) is -0.774. The van der Waals surface area contributed by atoms with E-state index in [0.717, 1.165) is 0 Å². The average molecular weight is 227 g/mol. The SMILES string of the molecule is Cc1ccc(-n2cccn2)nc1C(F)(F)F. The molecule has 84 valence electrons. The summed E-state index contributed by atoms with van der Waals surface area (Å²) in [5, 5.41) is 3.83. The van der Waals surface area contributed by atoms with E-state index >= 15 is 0 Å². The lowest BCUT2D eigenvalue weighted by atomic mass is 10.2. The summed E-state index contributed by atoms with van der Waals surface area (Å²) in [7, 11) is 0. The van der Waals surface area contributed by atoms with Crippen LogP contribution >= 0.6 is 0 Å². The lowest BCUT2D eigenvalue weighted by Crippen LogP contribution is -2.12. The number of rotatable bonds is 1. The predicted molar refractivity (Wildman–Crippen MR) is 51.1 cm³/mol. The molecule has 0 amide bonds. The fourth-order valence-corrected chi connectivity index (χ4v) is 1.34. The van der Waals surface area contributed by atoms with Crippen molar-refractivity contribution >= 4 is 0 Å². The van der Waals surface area contributed by atoms with Gasteiger partial charge in [-0.25, -0.2) is 9.67 Å². The van der Waals surface area contributed by atoms with Crippen LogP contribution in [-0.4, -0.2) is 14.8 Å². The predicted octanol–water partition coefficient (Wildman–Crippen LogP) is 2.59. The zero-order valence-electron chi connectivity index (χ0n) is 8.36. The topological polar surface area (TPSA) is 30.7 Å². The lowest BCUT2D eigenvalue weighted by molar-refractivity contribution is -0.141. The molecule has 6 heteroatoms. The summed E-state index contributed by atoms with van der Waals surface area (Å²) in [4.78, 5) is 3.56. The molecule has 2 rings (SSSR count). The average Bonchev–Trinajstić information content (AvgIpc) is 2.69. The van der Waals surface area contributed by atoms with E-state index in [-0.39, 0.29) is 11.4 Å². The van der Waals surface area contributed by atoms with Crippen molar-refractivity contribution in [1.29, 1.82) is 0 Å². The smallest absolute Gasteiger partial charge is 0.224 e. The minimum atomic E-state index is -4.44. The first kappa shape index (κ1) is 10.7. The first-order valence-electron chi connectivity index (χ1n) is 4.53. The van der Waals surface area contributed by atoms with Gasteiger partial charge in [0.2, 0.25) is 0 Å². The van der Waals surface area contributed by atoms with Crippen LogP contribution in [0.25, 0.3) is 5.82 Å². The molecule has 0 radical (unpaired) electrons. The van der Waals surface area contributed by atoms with E-state index < -0.39 is 11.9 Å². The molecular weight excluding hydrogens is 219 g/mol. The summed E-state index contributed by atoms with van der Waals surface area (Å²) in [6.45, 7) is 1.38. The van der Waals surface area contributed by atoms with Gasteiger partial charge in [0.15, 0.2) is 5.82 Å². The Bertz CT molecular complexity index is 489. The zero-order valence-corrected chi connectivity index (χ0v) is 8.36. The molecule has 0 aliphatic rings. The van der Waals surface area contributed by atoms with Gasteiger partial charge in [0.05, 0.1) is 0 Å². The Balaban J connectivity index is 2.52. The van der Waals surface area contributed by atoms with E-state index in [2.05, 4.69) is 10.1 Å². The quantitative estimate of drug-likeness (QED) is 0.749. The third-order valence-electron chi connectivity index (χ3n) is 2.09. The molecule has 0 spiro atoms. The number of nitrogens with zero attached hydrogens (tertiary/aromatic N) is 3. The molecule has 0 aliphatic heterocycles. The van der Waals surface area contributed by atoms with Gasteiger partial charge in [0, 0.05) is 12.4 Å². The van der Waals surface area contributed by atoms with Crippen LogP contribution in [-0.2, 0) is 6.18 Å². The highest BCUT2D eigenvalue weighted by Gasteiger charge is 2.34. The van der Waals surface area contributed by atoms with Crippen molar-refractivity contribution < 1.29 is 13.2 Å². The van der Waals surface area contributed by atoms with Crippen molar-refractivity contribution in [2.75, 3.05) is 0 Å². The lowest BCUT2D eigenvalue weighted by Gasteiger charge is -2.10. The molecule has 0 bridgehead atoms. The highest BCUT2D eigenvalue weighted by atomic mass is 19.4. The molecule has 0 aliphatic carbocycles. The van der Waals surface area contributed by atoms with Crippen LogP contribution in [0.3, 0.4) is 0 Å². The minimum absolute atomic E-state index is 0.100. The fraction of sp³-hybridized carbons (Fsp3) is 0.200. The van der Waals surface area contributed by atoms with Gasteiger partial charge < -0.3 is 0 Å². The number of hydrogen-bond acceptors (Lipinski definition) is 2. The van der Waals surface area contributed by atoms with Gasteiger partial charge in [-0.15, -0.1) is 0 Å². The first-order valence-corrected chi connectivity index (χ1v) is 4.53. The van der Waals surface area contributed by atoms with Crippen LogP contribution in [0.5, 0.6) is 0 Å². The third-order valence-corrected chi connectivity index (χ3v) is 2.09. The highest BCUT2D eigenvalue weighted by Crippen LogP contribution is 2.30. The standard InChI is InChI=1S/C10H8F3N3/c1-7-3-4-8(16-6-2-5-14-16)15-9(7)10(11,12)13/h2-6H,1H3. The van der Waals surface area contributed by atoms with E-state index in [9.17, 15) is 13.2 Å². The molecule has 0 N–H and O–H groups in total. The molecule has 0 fully saturated rings. The third kappa shape index (κ3) is 1.91. The molecule has 3 nitrogen and oxygen atoms in total.